The Hall–Kier alpha value is -2.53. The average Bonchev–Trinajstić information content (AvgIpc) is 2.56. The highest BCUT2D eigenvalue weighted by atomic mass is 16.5. The molecule has 0 spiro atoms. The molecule has 0 aromatic heterocycles. The minimum atomic E-state index is -0.183. The summed E-state index contributed by atoms with van der Waals surface area (Å²) < 4.78 is 16.0. The number of rotatable bonds is 8. The molecule has 1 N–H and O–H groups in total. The van der Waals surface area contributed by atoms with Crippen molar-refractivity contribution in [3.8, 4) is 11.5 Å². The van der Waals surface area contributed by atoms with Crippen molar-refractivity contribution >= 4 is 11.6 Å². The molecule has 5 nitrogen and oxygen atoms in total. The molecule has 2 aromatic rings. The van der Waals surface area contributed by atoms with Crippen LogP contribution >= 0.6 is 0 Å². The molecule has 0 aliphatic heterocycles. The largest absolute Gasteiger partial charge is 0.491 e. The fourth-order valence-corrected chi connectivity index (χ4v) is 2.06. The Bertz CT molecular complexity index is 653. The van der Waals surface area contributed by atoms with Gasteiger partial charge in [0.1, 0.15) is 18.1 Å². The van der Waals surface area contributed by atoms with E-state index in [1.165, 1.54) is 0 Å². The number of ether oxygens (including phenoxy) is 3. The maximum atomic E-state index is 12.3. The summed E-state index contributed by atoms with van der Waals surface area (Å²) in [6.45, 7) is 4.92. The van der Waals surface area contributed by atoms with Gasteiger partial charge in [0.15, 0.2) is 0 Å². The van der Waals surface area contributed by atoms with Gasteiger partial charge in [0.2, 0.25) is 0 Å². The maximum absolute atomic E-state index is 12.3. The highest BCUT2D eigenvalue weighted by Crippen LogP contribution is 2.19. The number of anilines is 1. The number of hydrogen-bond acceptors (Lipinski definition) is 4. The van der Waals surface area contributed by atoms with Crippen LogP contribution in [0.5, 0.6) is 11.5 Å². The number of carbonyl (C=O) groups is 1. The van der Waals surface area contributed by atoms with Crippen LogP contribution in [0.4, 0.5) is 5.69 Å². The van der Waals surface area contributed by atoms with Crippen molar-refractivity contribution in [1.29, 1.82) is 0 Å². The number of nitrogens with one attached hydrogen (secondary N) is 1. The number of carbonyl (C=O) groups excluding carboxylic acids is 1. The summed E-state index contributed by atoms with van der Waals surface area (Å²) in [5, 5.41) is 2.86. The topological polar surface area (TPSA) is 56.8 Å². The predicted octanol–water partition coefficient (Wildman–Crippen LogP) is 3.75. The van der Waals surface area contributed by atoms with Crippen LogP contribution in [0.3, 0.4) is 0 Å². The summed E-state index contributed by atoms with van der Waals surface area (Å²) in [7, 11) is 1.63. The zero-order chi connectivity index (χ0) is 17.4. The van der Waals surface area contributed by atoms with E-state index in [9.17, 15) is 4.79 Å². The maximum Gasteiger partial charge on any atom is 0.255 e. The lowest BCUT2D eigenvalue weighted by Gasteiger charge is -2.11. The monoisotopic (exact) mass is 329 g/mol. The number of methoxy groups -OCH3 is 1. The van der Waals surface area contributed by atoms with Gasteiger partial charge in [-0.25, -0.2) is 0 Å². The SMILES string of the molecule is COCCOc1ccc(NC(=O)c2cccc(OC(C)C)c2)cc1. The van der Waals surface area contributed by atoms with Gasteiger partial charge in [-0.3, -0.25) is 4.79 Å². The van der Waals surface area contributed by atoms with Crippen LogP contribution in [0.1, 0.15) is 24.2 Å². The molecule has 0 radical (unpaired) electrons. The second-order valence-corrected chi connectivity index (χ2v) is 5.51. The minimum absolute atomic E-state index is 0.0639. The lowest BCUT2D eigenvalue weighted by atomic mass is 10.2. The Morgan fingerprint density at radius 3 is 2.46 bits per heavy atom. The van der Waals surface area contributed by atoms with Gasteiger partial charge in [-0.2, -0.15) is 0 Å². The van der Waals surface area contributed by atoms with Crippen molar-refractivity contribution in [3.05, 3.63) is 54.1 Å². The number of benzene rings is 2. The molecule has 5 heteroatoms. The highest BCUT2D eigenvalue weighted by Gasteiger charge is 2.08. The molecule has 0 unspecified atom stereocenters. The van der Waals surface area contributed by atoms with Gasteiger partial charge in [-0.05, 0) is 56.3 Å². The van der Waals surface area contributed by atoms with E-state index in [-0.39, 0.29) is 12.0 Å². The van der Waals surface area contributed by atoms with E-state index in [1.807, 2.05) is 32.0 Å². The van der Waals surface area contributed by atoms with E-state index in [0.717, 1.165) is 5.75 Å². The first kappa shape index (κ1) is 17.8. The fourth-order valence-electron chi connectivity index (χ4n) is 2.06. The smallest absolute Gasteiger partial charge is 0.255 e. The second-order valence-electron chi connectivity index (χ2n) is 5.51. The lowest BCUT2D eigenvalue weighted by molar-refractivity contribution is 0.102. The molecule has 24 heavy (non-hydrogen) atoms. The van der Waals surface area contributed by atoms with Crippen LogP contribution in [-0.2, 0) is 4.74 Å². The van der Waals surface area contributed by atoms with Crippen molar-refractivity contribution in [2.24, 2.45) is 0 Å². The van der Waals surface area contributed by atoms with Crippen LogP contribution in [0.25, 0.3) is 0 Å². The molecular weight excluding hydrogens is 306 g/mol. The van der Waals surface area contributed by atoms with Crippen LogP contribution in [0.15, 0.2) is 48.5 Å². The Kier molecular flexibility index (Phi) is 6.63. The average molecular weight is 329 g/mol. The molecule has 128 valence electrons. The number of amides is 1. The van der Waals surface area contributed by atoms with E-state index in [1.54, 1.807) is 37.4 Å². The third-order valence-corrected chi connectivity index (χ3v) is 3.14. The molecular formula is C19H23NO4. The normalized spacial score (nSPS) is 10.5. The minimum Gasteiger partial charge on any atom is -0.491 e. The molecule has 0 atom stereocenters. The van der Waals surface area contributed by atoms with E-state index in [4.69, 9.17) is 14.2 Å². The Balaban J connectivity index is 1.96. The molecule has 0 saturated carbocycles. The Labute approximate surface area is 142 Å². The van der Waals surface area contributed by atoms with Gasteiger partial charge < -0.3 is 19.5 Å². The molecule has 0 aliphatic carbocycles. The Morgan fingerprint density at radius 2 is 1.79 bits per heavy atom. The molecule has 0 saturated heterocycles. The van der Waals surface area contributed by atoms with Crippen LogP contribution in [0.2, 0.25) is 0 Å². The third-order valence-electron chi connectivity index (χ3n) is 3.14. The molecule has 0 bridgehead atoms. The molecule has 2 rings (SSSR count). The molecule has 0 fully saturated rings. The van der Waals surface area contributed by atoms with Gasteiger partial charge in [0.25, 0.3) is 5.91 Å². The summed E-state index contributed by atoms with van der Waals surface area (Å²) in [6.07, 6.45) is 0.0639. The zero-order valence-electron chi connectivity index (χ0n) is 14.2. The summed E-state index contributed by atoms with van der Waals surface area (Å²) in [5.41, 5.74) is 1.25. The van der Waals surface area contributed by atoms with Crippen molar-refractivity contribution in [2.45, 2.75) is 20.0 Å². The standard InChI is InChI=1S/C19H23NO4/c1-14(2)24-18-6-4-5-15(13-18)19(21)20-16-7-9-17(10-8-16)23-12-11-22-3/h4-10,13-14H,11-12H2,1-3H3,(H,20,21). The van der Waals surface area contributed by atoms with E-state index in [0.29, 0.717) is 30.2 Å². The Morgan fingerprint density at radius 1 is 1.04 bits per heavy atom. The van der Waals surface area contributed by atoms with Crippen molar-refractivity contribution < 1.29 is 19.0 Å². The van der Waals surface area contributed by atoms with Crippen LogP contribution in [-0.4, -0.2) is 32.3 Å². The fraction of sp³-hybridized carbons (Fsp3) is 0.316. The van der Waals surface area contributed by atoms with Crippen molar-refractivity contribution in [2.75, 3.05) is 25.6 Å². The van der Waals surface area contributed by atoms with E-state index >= 15 is 0 Å². The summed E-state index contributed by atoms with van der Waals surface area (Å²) in [6, 6.07) is 14.3. The second kappa shape index (κ2) is 8.93. The van der Waals surface area contributed by atoms with E-state index in [2.05, 4.69) is 5.32 Å². The highest BCUT2D eigenvalue weighted by molar-refractivity contribution is 6.04. The van der Waals surface area contributed by atoms with Crippen molar-refractivity contribution in [1.82, 2.24) is 0 Å². The van der Waals surface area contributed by atoms with Crippen LogP contribution < -0.4 is 14.8 Å². The first-order chi connectivity index (χ1) is 11.6. The van der Waals surface area contributed by atoms with Crippen molar-refractivity contribution in [3.63, 3.8) is 0 Å². The molecule has 2 aromatic carbocycles. The number of hydrogen-bond donors (Lipinski definition) is 1. The summed E-state index contributed by atoms with van der Waals surface area (Å²) in [4.78, 5) is 12.3. The molecule has 0 heterocycles. The quantitative estimate of drug-likeness (QED) is 0.749. The van der Waals surface area contributed by atoms with Gasteiger partial charge in [-0.15, -0.1) is 0 Å². The summed E-state index contributed by atoms with van der Waals surface area (Å²) in [5.74, 6) is 1.23. The third kappa shape index (κ3) is 5.59. The lowest BCUT2D eigenvalue weighted by Crippen LogP contribution is -2.12. The molecule has 1 amide bonds. The van der Waals surface area contributed by atoms with Gasteiger partial charge in [0, 0.05) is 18.4 Å². The first-order valence-corrected chi connectivity index (χ1v) is 7.88. The molecule has 0 aliphatic rings. The van der Waals surface area contributed by atoms with Gasteiger partial charge >= 0.3 is 0 Å². The van der Waals surface area contributed by atoms with Crippen LogP contribution in [0, 0.1) is 0 Å². The predicted molar refractivity (Wildman–Crippen MR) is 94.0 cm³/mol. The zero-order valence-corrected chi connectivity index (χ0v) is 14.2. The van der Waals surface area contributed by atoms with E-state index < -0.39 is 0 Å². The van der Waals surface area contributed by atoms with Gasteiger partial charge in [0.05, 0.1) is 12.7 Å². The summed E-state index contributed by atoms with van der Waals surface area (Å²) >= 11 is 0. The van der Waals surface area contributed by atoms with Gasteiger partial charge in [-0.1, -0.05) is 6.07 Å². The first-order valence-electron chi connectivity index (χ1n) is 7.88.